The third-order valence-electron chi connectivity index (χ3n) is 4.85. The monoisotopic (exact) mass is 350 g/mol. The largest absolute Gasteiger partial charge is 0.497 e. The van der Waals surface area contributed by atoms with Crippen LogP contribution in [0.25, 0.3) is 11.5 Å². The molecule has 0 N–H and O–H groups in total. The number of piperidine rings is 1. The highest BCUT2D eigenvalue weighted by Gasteiger charge is 2.25. The van der Waals surface area contributed by atoms with E-state index in [0.717, 1.165) is 49.7 Å². The van der Waals surface area contributed by atoms with Crippen LogP contribution < -0.4 is 4.74 Å². The summed E-state index contributed by atoms with van der Waals surface area (Å²) >= 11 is 0. The van der Waals surface area contributed by atoms with Crippen LogP contribution in [0.5, 0.6) is 5.75 Å². The van der Waals surface area contributed by atoms with Crippen molar-refractivity contribution in [3.63, 3.8) is 0 Å². The molecule has 1 fully saturated rings. The molecule has 6 nitrogen and oxygen atoms in total. The van der Waals surface area contributed by atoms with Crippen LogP contribution in [0.15, 0.2) is 53.2 Å². The molecule has 2 aromatic heterocycles. The fraction of sp³-hybridized carbons (Fsp3) is 0.350. The summed E-state index contributed by atoms with van der Waals surface area (Å²) in [6, 6.07) is 12.0. The van der Waals surface area contributed by atoms with Crippen molar-refractivity contribution < 1.29 is 9.15 Å². The first-order valence-electron chi connectivity index (χ1n) is 8.91. The summed E-state index contributed by atoms with van der Waals surface area (Å²) < 4.78 is 11.2. The Hall–Kier alpha value is -2.73. The molecule has 1 aromatic carbocycles. The van der Waals surface area contributed by atoms with Crippen molar-refractivity contribution in [2.24, 2.45) is 0 Å². The van der Waals surface area contributed by atoms with E-state index < -0.39 is 0 Å². The molecule has 134 valence electrons. The van der Waals surface area contributed by atoms with Gasteiger partial charge < -0.3 is 9.15 Å². The Labute approximate surface area is 152 Å². The smallest absolute Gasteiger partial charge is 0.247 e. The molecule has 6 heteroatoms. The molecule has 0 atom stereocenters. The molecule has 1 saturated heterocycles. The lowest BCUT2D eigenvalue weighted by Gasteiger charge is -2.30. The van der Waals surface area contributed by atoms with Gasteiger partial charge in [-0.05, 0) is 55.8 Å². The Balaban J connectivity index is 1.36. The second kappa shape index (κ2) is 7.66. The Bertz CT molecular complexity index is 842. The lowest BCUT2D eigenvalue weighted by Crippen LogP contribution is -2.32. The molecule has 0 saturated carbocycles. The zero-order chi connectivity index (χ0) is 17.8. The maximum atomic E-state index is 5.91. The maximum Gasteiger partial charge on any atom is 0.247 e. The second-order valence-electron chi connectivity index (χ2n) is 6.58. The van der Waals surface area contributed by atoms with Crippen LogP contribution in [0.3, 0.4) is 0 Å². The molecule has 0 amide bonds. The molecule has 26 heavy (non-hydrogen) atoms. The van der Waals surface area contributed by atoms with Gasteiger partial charge in [0.15, 0.2) is 0 Å². The number of hydrogen-bond acceptors (Lipinski definition) is 6. The molecular formula is C20H22N4O2. The van der Waals surface area contributed by atoms with Gasteiger partial charge in [-0.3, -0.25) is 9.88 Å². The van der Waals surface area contributed by atoms with E-state index in [0.29, 0.717) is 11.8 Å². The van der Waals surface area contributed by atoms with Crippen molar-refractivity contribution in [1.82, 2.24) is 20.1 Å². The number of ether oxygens (including phenoxy) is 1. The summed E-state index contributed by atoms with van der Waals surface area (Å²) in [5.74, 6) is 2.56. The van der Waals surface area contributed by atoms with Crippen LogP contribution >= 0.6 is 0 Å². The number of likely N-dealkylation sites (tertiary alicyclic amines) is 1. The number of rotatable bonds is 5. The minimum atomic E-state index is 0.333. The molecule has 0 bridgehead atoms. The molecule has 1 aliphatic rings. The summed E-state index contributed by atoms with van der Waals surface area (Å²) in [6.07, 6.45) is 5.52. The highest BCUT2D eigenvalue weighted by atomic mass is 16.5. The minimum Gasteiger partial charge on any atom is -0.497 e. The first kappa shape index (κ1) is 16.7. The fourth-order valence-corrected chi connectivity index (χ4v) is 3.38. The van der Waals surface area contributed by atoms with Crippen LogP contribution in [0.4, 0.5) is 0 Å². The predicted molar refractivity (Wildman–Crippen MR) is 97.8 cm³/mol. The normalized spacial score (nSPS) is 15.9. The third-order valence-corrected chi connectivity index (χ3v) is 4.85. The fourth-order valence-electron chi connectivity index (χ4n) is 3.38. The molecule has 0 aliphatic carbocycles. The Morgan fingerprint density at radius 3 is 2.69 bits per heavy atom. The van der Waals surface area contributed by atoms with Gasteiger partial charge in [0.2, 0.25) is 11.8 Å². The second-order valence-corrected chi connectivity index (χ2v) is 6.58. The molecular weight excluding hydrogens is 328 g/mol. The summed E-state index contributed by atoms with van der Waals surface area (Å²) in [7, 11) is 1.70. The molecule has 0 radical (unpaired) electrons. The number of pyridine rings is 1. The lowest BCUT2D eigenvalue weighted by atomic mass is 9.96. The molecule has 3 aromatic rings. The maximum absolute atomic E-state index is 5.91. The average molecular weight is 350 g/mol. The van der Waals surface area contributed by atoms with Crippen LogP contribution in [0, 0.1) is 0 Å². The number of nitrogens with zero attached hydrogens (tertiary/aromatic N) is 4. The Morgan fingerprint density at radius 1 is 1.12 bits per heavy atom. The van der Waals surface area contributed by atoms with Gasteiger partial charge in [0.05, 0.1) is 7.11 Å². The molecule has 1 aliphatic heterocycles. The van der Waals surface area contributed by atoms with Crippen molar-refractivity contribution >= 4 is 0 Å². The van der Waals surface area contributed by atoms with Crippen molar-refractivity contribution in [3.05, 3.63) is 60.2 Å². The van der Waals surface area contributed by atoms with Gasteiger partial charge in [-0.2, -0.15) is 0 Å². The number of hydrogen-bond donors (Lipinski definition) is 0. The van der Waals surface area contributed by atoms with Crippen LogP contribution in [-0.4, -0.2) is 40.3 Å². The molecule has 0 unspecified atom stereocenters. The summed E-state index contributed by atoms with van der Waals surface area (Å²) in [4.78, 5) is 6.48. The van der Waals surface area contributed by atoms with Gasteiger partial charge in [-0.25, -0.2) is 0 Å². The van der Waals surface area contributed by atoms with Gasteiger partial charge in [0.1, 0.15) is 5.75 Å². The average Bonchev–Trinajstić information content (AvgIpc) is 3.20. The molecule has 3 heterocycles. The van der Waals surface area contributed by atoms with Crippen molar-refractivity contribution in [2.75, 3.05) is 20.2 Å². The van der Waals surface area contributed by atoms with Crippen LogP contribution in [-0.2, 0) is 6.54 Å². The molecule has 0 spiro atoms. The topological polar surface area (TPSA) is 64.3 Å². The van der Waals surface area contributed by atoms with Crippen molar-refractivity contribution in [2.45, 2.75) is 25.3 Å². The van der Waals surface area contributed by atoms with E-state index in [1.54, 1.807) is 19.5 Å². The van der Waals surface area contributed by atoms with Crippen LogP contribution in [0.2, 0.25) is 0 Å². The van der Waals surface area contributed by atoms with Gasteiger partial charge >= 0.3 is 0 Å². The van der Waals surface area contributed by atoms with E-state index in [4.69, 9.17) is 9.15 Å². The SMILES string of the molecule is COc1cccc(CN2CCC(c3nnc(-c4ccncc4)o3)CC2)c1. The van der Waals surface area contributed by atoms with Crippen LogP contribution in [0.1, 0.15) is 30.2 Å². The summed E-state index contributed by atoms with van der Waals surface area (Å²) in [5.41, 5.74) is 2.19. The first-order valence-corrected chi connectivity index (χ1v) is 8.91. The summed E-state index contributed by atoms with van der Waals surface area (Å²) in [6.45, 7) is 2.99. The molecule has 4 rings (SSSR count). The number of aromatic nitrogens is 3. The highest BCUT2D eigenvalue weighted by Crippen LogP contribution is 2.30. The van der Waals surface area contributed by atoms with Gasteiger partial charge in [0, 0.05) is 30.4 Å². The number of benzene rings is 1. The third kappa shape index (κ3) is 3.75. The van der Waals surface area contributed by atoms with E-state index in [1.807, 2.05) is 24.3 Å². The zero-order valence-electron chi connectivity index (χ0n) is 14.8. The van der Waals surface area contributed by atoms with E-state index in [2.05, 4.69) is 32.2 Å². The lowest BCUT2D eigenvalue weighted by molar-refractivity contribution is 0.193. The van der Waals surface area contributed by atoms with E-state index in [1.165, 1.54) is 5.56 Å². The van der Waals surface area contributed by atoms with Gasteiger partial charge in [-0.1, -0.05) is 12.1 Å². The Kier molecular flexibility index (Phi) is 4.93. The Morgan fingerprint density at radius 2 is 1.92 bits per heavy atom. The quantitative estimate of drug-likeness (QED) is 0.701. The predicted octanol–water partition coefficient (Wildman–Crippen LogP) is 3.52. The van der Waals surface area contributed by atoms with Gasteiger partial charge in [-0.15, -0.1) is 10.2 Å². The van der Waals surface area contributed by atoms with E-state index in [-0.39, 0.29) is 0 Å². The van der Waals surface area contributed by atoms with Crippen molar-refractivity contribution in [3.8, 4) is 17.2 Å². The number of methoxy groups -OCH3 is 1. The van der Waals surface area contributed by atoms with Crippen molar-refractivity contribution in [1.29, 1.82) is 0 Å². The first-order chi connectivity index (χ1) is 12.8. The highest BCUT2D eigenvalue weighted by molar-refractivity contribution is 5.50. The van der Waals surface area contributed by atoms with E-state index >= 15 is 0 Å². The zero-order valence-corrected chi connectivity index (χ0v) is 14.8. The standard InChI is InChI=1S/C20H22N4O2/c1-25-18-4-2-3-15(13-18)14-24-11-7-17(8-12-24)20-23-22-19(26-20)16-5-9-21-10-6-16/h2-6,9-10,13,17H,7-8,11-12,14H2,1H3. The van der Waals surface area contributed by atoms with Gasteiger partial charge in [0.25, 0.3) is 0 Å². The minimum absolute atomic E-state index is 0.333. The van der Waals surface area contributed by atoms with E-state index in [9.17, 15) is 0 Å². The summed E-state index contributed by atoms with van der Waals surface area (Å²) in [5, 5.41) is 8.47.